The highest BCUT2D eigenvalue weighted by molar-refractivity contribution is 7.20. The first kappa shape index (κ1) is 30.6. The minimum Gasteiger partial charge on any atom is -0.383 e. The van der Waals surface area contributed by atoms with Crippen LogP contribution in [-0.4, -0.2) is 62.7 Å². The van der Waals surface area contributed by atoms with Gasteiger partial charge < -0.3 is 15.0 Å². The lowest BCUT2D eigenvalue weighted by Gasteiger charge is -2.37. The van der Waals surface area contributed by atoms with Gasteiger partial charge in [-0.2, -0.15) is 0 Å². The molecule has 0 saturated heterocycles. The van der Waals surface area contributed by atoms with Gasteiger partial charge in [-0.1, -0.05) is 32.0 Å². The summed E-state index contributed by atoms with van der Waals surface area (Å²) < 4.78 is 35.2. The summed E-state index contributed by atoms with van der Waals surface area (Å²) in [5, 5.41) is 3.32. The number of rotatable bonds is 10. The van der Waals surface area contributed by atoms with E-state index in [-0.39, 0.29) is 23.4 Å². The Morgan fingerprint density at radius 1 is 1.09 bits per heavy atom. The zero-order valence-corrected chi connectivity index (χ0v) is 25.6. The van der Waals surface area contributed by atoms with E-state index in [1.807, 2.05) is 44.0 Å². The number of nitrogens with one attached hydrogen (secondary N) is 2. The Kier molecular flexibility index (Phi) is 8.84. The van der Waals surface area contributed by atoms with E-state index in [0.29, 0.717) is 48.3 Å². The normalized spacial score (nSPS) is 15.4. The molecule has 2 N–H and O–H groups in total. The number of amides is 3. The third kappa shape index (κ3) is 6.28. The molecule has 0 saturated carbocycles. The fourth-order valence-electron chi connectivity index (χ4n) is 5.39. The number of carbonyl (C=O) groups excluding carboxylic acids is 2. The molecule has 3 amide bonds. The van der Waals surface area contributed by atoms with Crippen LogP contribution in [-0.2, 0) is 22.7 Å². The van der Waals surface area contributed by atoms with Crippen LogP contribution in [0.1, 0.15) is 35.3 Å². The van der Waals surface area contributed by atoms with E-state index in [1.165, 1.54) is 36.6 Å². The van der Waals surface area contributed by atoms with Crippen LogP contribution in [0.25, 0.3) is 10.4 Å². The van der Waals surface area contributed by atoms with Crippen molar-refractivity contribution < 1.29 is 27.9 Å². The summed E-state index contributed by atoms with van der Waals surface area (Å²) in [5.74, 6) is -0.787. The van der Waals surface area contributed by atoms with Gasteiger partial charge in [0.2, 0.25) is 0 Å². The zero-order chi connectivity index (χ0) is 30.9. The van der Waals surface area contributed by atoms with Gasteiger partial charge in [0, 0.05) is 48.3 Å². The van der Waals surface area contributed by atoms with Crippen LogP contribution in [0.5, 0.6) is 0 Å². The second kappa shape index (κ2) is 12.4. The van der Waals surface area contributed by atoms with Crippen LogP contribution in [0.2, 0.25) is 0 Å². The molecule has 2 aromatic carbocycles. The van der Waals surface area contributed by atoms with E-state index in [0.717, 1.165) is 16.0 Å². The van der Waals surface area contributed by atoms with Gasteiger partial charge in [0.15, 0.2) is 0 Å². The molecule has 2 aliphatic heterocycles. The number of anilines is 2. The Morgan fingerprint density at radius 3 is 2.44 bits per heavy atom. The predicted octanol–water partition coefficient (Wildman–Crippen LogP) is 5.80. The average molecular weight is 612 g/mol. The molecule has 1 aromatic heterocycles. The second-order valence-electron chi connectivity index (χ2n) is 11.3. The first-order valence-electron chi connectivity index (χ1n) is 13.8. The lowest BCUT2D eigenvalue weighted by atomic mass is 9.96. The number of carbonyl (C=O) groups is 2. The zero-order valence-electron chi connectivity index (χ0n) is 24.8. The van der Waals surface area contributed by atoms with Crippen molar-refractivity contribution in [2.24, 2.45) is 5.41 Å². The highest BCUT2D eigenvalue weighted by atomic mass is 32.1. The molecule has 0 spiro atoms. The maximum absolute atomic E-state index is 14.9. The Hall–Kier alpha value is -3.84. The van der Waals surface area contributed by atoms with Crippen molar-refractivity contribution in [3.63, 3.8) is 0 Å². The first-order chi connectivity index (χ1) is 20.5. The summed E-state index contributed by atoms with van der Waals surface area (Å²) in [7, 11) is 4.94. The third-order valence-corrected chi connectivity index (χ3v) is 8.72. The number of nitrogens with zero attached hydrogens (tertiary/aromatic N) is 3. The van der Waals surface area contributed by atoms with Gasteiger partial charge in [-0.15, -0.1) is 11.3 Å². The number of benzene rings is 2. The van der Waals surface area contributed by atoms with Crippen molar-refractivity contribution in [2.45, 2.75) is 26.9 Å². The van der Waals surface area contributed by atoms with Crippen molar-refractivity contribution in [3.05, 3.63) is 82.7 Å². The molecular formula is C31H35F2N5O4S. The topological polar surface area (TPSA) is 86.4 Å². The number of thiophene rings is 1. The number of urea groups is 1. The van der Waals surface area contributed by atoms with Crippen molar-refractivity contribution in [1.29, 1.82) is 0 Å². The molecule has 0 atom stereocenters. The van der Waals surface area contributed by atoms with Crippen LogP contribution < -0.4 is 15.7 Å². The molecule has 9 nitrogen and oxygen atoms in total. The van der Waals surface area contributed by atoms with Gasteiger partial charge >= 0.3 is 6.03 Å². The average Bonchev–Trinajstić information content (AvgIpc) is 3.49. The lowest BCUT2D eigenvalue weighted by molar-refractivity contribution is 0.0782. The van der Waals surface area contributed by atoms with E-state index >= 15 is 0 Å². The number of hydrogen-bond donors (Lipinski definition) is 2. The largest absolute Gasteiger partial charge is 0.383 e. The number of halogens is 2. The number of fused-ring (bicyclic) bond motifs is 2. The van der Waals surface area contributed by atoms with Crippen LogP contribution in [0.4, 0.5) is 24.3 Å². The van der Waals surface area contributed by atoms with Crippen molar-refractivity contribution in [3.8, 4) is 10.4 Å². The van der Waals surface area contributed by atoms with Crippen LogP contribution >= 0.6 is 11.3 Å². The van der Waals surface area contributed by atoms with Crippen LogP contribution in [0.3, 0.4) is 0 Å². The molecule has 0 bridgehead atoms. The number of likely N-dealkylation sites (N-methyl/N-ethyl adjacent to an activating group) is 1. The summed E-state index contributed by atoms with van der Waals surface area (Å²) in [6, 6.07) is 10.6. The minimum absolute atomic E-state index is 0.0631. The highest BCUT2D eigenvalue weighted by Crippen LogP contribution is 2.50. The second-order valence-corrected chi connectivity index (χ2v) is 12.3. The molecule has 3 aromatic rings. The summed E-state index contributed by atoms with van der Waals surface area (Å²) in [5.41, 5.74) is 4.57. The molecule has 0 unspecified atom stereocenters. The molecule has 3 heterocycles. The standard InChI is InChI=1S/C31H35F2N5O4S/c1-31(2)15-25-37(17-21-23(32)7-6-8-24(21)33)29-26(28(39)38(25)18-31)22(16-36(3)13-14-41-4)27(43-29)19-9-11-20(12-10-19)34-30(40)35-42-5/h6-12,15H,13-14,16-18H2,1-5H3,(H2,34,35,40). The van der Waals surface area contributed by atoms with Crippen molar-refractivity contribution in [1.82, 2.24) is 15.3 Å². The molecule has 0 fully saturated rings. The summed E-state index contributed by atoms with van der Waals surface area (Å²) in [6.45, 7) is 6.05. The molecule has 43 heavy (non-hydrogen) atoms. The lowest BCUT2D eigenvalue weighted by Crippen LogP contribution is -2.43. The van der Waals surface area contributed by atoms with Crippen molar-refractivity contribution >= 4 is 34.0 Å². The maximum Gasteiger partial charge on any atom is 0.343 e. The molecule has 12 heteroatoms. The predicted molar refractivity (Wildman–Crippen MR) is 163 cm³/mol. The summed E-state index contributed by atoms with van der Waals surface area (Å²) in [4.78, 5) is 37.3. The molecule has 228 valence electrons. The van der Waals surface area contributed by atoms with Crippen LogP contribution in [0.15, 0.2) is 54.4 Å². The van der Waals surface area contributed by atoms with Crippen molar-refractivity contribution in [2.75, 3.05) is 51.2 Å². The summed E-state index contributed by atoms with van der Waals surface area (Å²) >= 11 is 1.42. The van der Waals surface area contributed by atoms with Gasteiger partial charge in [0.05, 0.1) is 25.8 Å². The Morgan fingerprint density at radius 2 is 1.79 bits per heavy atom. The SMILES string of the molecule is COCCN(C)Cc1c(-c2ccc(NC(=O)NOC)cc2)sc2c1C(=O)N1CC(C)(C)C=C1N2Cc1c(F)cccc1F. The quantitative estimate of drug-likeness (QED) is 0.282. The smallest absolute Gasteiger partial charge is 0.343 e. The van der Waals surface area contributed by atoms with E-state index in [4.69, 9.17) is 4.74 Å². The molecular weight excluding hydrogens is 576 g/mol. The highest BCUT2D eigenvalue weighted by Gasteiger charge is 2.45. The van der Waals surface area contributed by atoms with Crippen LogP contribution in [0, 0.1) is 17.0 Å². The van der Waals surface area contributed by atoms with Gasteiger partial charge in [-0.05, 0) is 48.5 Å². The van der Waals surface area contributed by atoms with Gasteiger partial charge in [0.1, 0.15) is 22.5 Å². The first-order valence-corrected chi connectivity index (χ1v) is 14.6. The fourth-order valence-corrected chi connectivity index (χ4v) is 6.71. The number of ether oxygens (including phenoxy) is 1. The maximum atomic E-state index is 14.9. The minimum atomic E-state index is -0.639. The van der Waals surface area contributed by atoms with E-state index in [9.17, 15) is 18.4 Å². The number of methoxy groups -OCH3 is 1. The van der Waals surface area contributed by atoms with Gasteiger partial charge in [-0.3, -0.25) is 19.4 Å². The molecule has 0 radical (unpaired) electrons. The summed E-state index contributed by atoms with van der Waals surface area (Å²) in [6.07, 6.45) is 2.00. The van der Waals surface area contributed by atoms with E-state index in [1.54, 1.807) is 24.1 Å². The fraction of sp³-hybridized carbons (Fsp3) is 0.355. The van der Waals surface area contributed by atoms with Gasteiger partial charge in [0.25, 0.3) is 5.91 Å². The monoisotopic (exact) mass is 611 g/mol. The number of hydroxylamine groups is 1. The molecule has 5 rings (SSSR count). The Bertz CT molecular complexity index is 1540. The number of hydrogen-bond acceptors (Lipinski definition) is 7. The third-order valence-electron chi connectivity index (χ3n) is 7.41. The van der Waals surface area contributed by atoms with Gasteiger partial charge in [-0.25, -0.2) is 19.1 Å². The Labute approximate surface area is 253 Å². The van der Waals surface area contributed by atoms with E-state index < -0.39 is 17.7 Å². The molecule has 0 aliphatic carbocycles. The molecule has 2 aliphatic rings. The van der Waals surface area contributed by atoms with E-state index in [2.05, 4.69) is 20.5 Å². The Balaban J connectivity index is 1.64.